The Kier molecular flexibility index (Phi) is 7.76. The van der Waals surface area contributed by atoms with Crippen LogP contribution in [-0.4, -0.2) is 53.8 Å². The Bertz CT molecular complexity index is 1360. The first kappa shape index (κ1) is 25.9. The molecule has 2 aromatic carbocycles. The molecular formula is C29H32N6O2S. The standard InChI is InChI=1S/C29H32N6O2S/c1-32-23-10-11-24-26(15-23)38-29(33-24)34-27(36)20-7-3-6-19(14-20)25-9-4-12-35(25)28(37)21-8-2-5-18(13-21)22(16-30)17-31/h2-3,5-8,13-14,16-17,22-23,25,30-32H,4,9-12,15H2,1H3,(H,33,34,36). The molecule has 196 valence electrons. The number of likely N-dealkylation sites (N-methyl/N-ethyl adjacent to an activating group) is 1. The lowest BCUT2D eigenvalue weighted by Gasteiger charge is -2.26. The number of rotatable bonds is 8. The Morgan fingerprint density at radius 1 is 1.11 bits per heavy atom. The highest BCUT2D eigenvalue weighted by molar-refractivity contribution is 7.15. The summed E-state index contributed by atoms with van der Waals surface area (Å²) in [7, 11) is 1.98. The van der Waals surface area contributed by atoms with Crippen molar-refractivity contribution < 1.29 is 9.59 Å². The van der Waals surface area contributed by atoms with E-state index in [1.54, 1.807) is 35.6 Å². The number of aromatic nitrogens is 1. The third kappa shape index (κ3) is 5.30. The molecule has 1 aliphatic heterocycles. The summed E-state index contributed by atoms with van der Waals surface area (Å²) in [6.07, 6.45) is 7.01. The van der Waals surface area contributed by atoms with Crippen LogP contribution in [0.5, 0.6) is 0 Å². The first-order valence-electron chi connectivity index (χ1n) is 13.0. The van der Waals surface area contributed by atoms with Gasteiger partial charge in [0.25, 0.3) is 11.8 Å². The number of likely N-dealkylation sites (tertiary alicyclic amines) is 1. The van der Waals surface area contributed by atoms with Crippen molar-refractivity contribution in [1.29, 1.82) is 10.8 Å². The van der Waals surface area contributed by atoms with Crippen molar-refractivity contribution in [1.82, 2.24) is 15.2 Å². The van der Waals surface area contributed by atoms with Crippen molar-refractivity contribution in [2.24, 2.45) is 0 Å². The lowest BCUT2D eigenvalue weighted by Crippen LogP contribution is -2.30. The van der Waals surface area contributed by atoms with Gasteiger partial charge in [-0.15, -0.1) is 11.3 Å². The number of nitrogens with one attached hydrogen (secondary N) is 4. The number of hydrogen-bond donors (Lipinski definition) is 4. The molecule has 4 N–H and O–H groups in total. The van der Waals surface area contributed by atoms with Crippen molar-refractivity contribution in [2.45, 2.75) is 50.1 Å². The Morgan fingerprint density at radius 2 is 1.89 bits per heavy atom. The maximum atomic E-state index is 13.5. The van der Waals surface area contributed by atoms with Crippen LogP contribution in [0, 0.1) is 10.8 Å². The molecule has 0 radical (unpaired) electrons. The van der Waals surface area contributed by atoms with Gasteiger partial charge in [-0.1, -0.05) is 24.3 Å². The number of fused-ring (bicyclic) bond motifs is 1. The molecule has 9 heteroatoms. The summed E-state index contributed by atoms with van der Waals surface area (Å²) in [5.41, 5.74) is 3.87. The van der Waals surface area contributed by atoms with Gasteiger partial charge in [0.2, 0.25) is 0 Å². The highest BCUT2D eigenvalue weighted by Gasteiger charge is 2.31. The van der Waals surface area contributed by atoms with Gasteiger partial charge < -0.3 is 21.0 Å². The third-order valence-electron chi connectivity index (χ3n) is 7.49. The minimum atomic E-state index is -0.444. The number of aryl methyl sites for hydroxylation is 1. The van der Waals surface area contributed by atoms with Crippen LogP contribution in [0.1, 0.15) is 73.6 Å². The second-order valence-corrected chi connectivity index (χ2v) is 10.9. The van der Waals surface area contributed by atoms with Crippen LogP contribution in [0.3, 0.4) is 0 Å². The number of nitrogens with zero attached hydrogens (tertiary/aromatic N) is 2. The van der Waals surface area contributed by atoms with Gasteiger partial charge in [-0.2, -0.15) is 0 Å². The summed E-state index contributed by atoms with van der Waals surface area (Å²) < 4.78 is 0. The first-order chi connectivity index (χ1) is 18.5. The average molecular weight is 529 g/mol. The minimum absolute atomic E-state index is 0.0776. The number of benzene rings is 2. The van der Waals surface area contributed by atoms with Crippen molar-refractivity contribution in [3.63, 3.8) is 0 Å². The Morgan fingerprint density at radius 3 is 2.68 bits per heavy atom. The van der Waals surface area contributed by atoms with Crippen molar-refractivity contribution in [2.75, 3.05) is 18.9 Å². The molecule has 2 amide bonds. The van der Waals surface area contributed by atoms with Gasteiger partial charge in [0, 0.05) is 41.0 Å². The predicted molar refractivity (Wildman–Crippen MR) is 151 cm³/mol. The van der Waals surface area contributed by atoms with Crippen molar-refractivity contribution in [3.05, 3.63) is 81.4 Å². The molecule has 0 saturated carbocycles. The molecular weight excluding hydrogens is 496 g/mol. The zero-order valence-corrected chi connectivity index (χ0v) is 22.2. The van der Waals surface area contributed by atoms with E-state index >= 15 is 0 Å². The van der Waals surface area contributed by atoms with E-state index in [0.29, 0.717) is 28.8 Å². The van der Waals surface area contributed by atoms with Gasteiger partial charge >= 0.3 is 0 Å². The van der Waals surface area contributed by atoms with Crippen LogP contribution >= 0.6 is 11.3 Å². The molecule has 2 unspecified atom stereocenters. The maximum Gasteiger partial charge on any atom is 0.257 e. The van der Waals surface area contributed by atoms with E-state index in [0.717, 1.165) is 48.9 Å². The number of anilines is 1. The highest BCUT2D eigenvalue weighted by Crippen LogP contribution is 2.34. The fourth-order valence-electron chi connectivity index (χ4n) is 5.37. The van der Waals surface area contributed by atoms with E-state index < -0.39 is 5.92 Å². The topological polar surface area (TPSA) is 122 Å². The number of thiazole rings is 1. The summed E-state index contributed by atoms with van der Waals surface area (Å²) in [5.74, 6) is -0.720. The molecule has 3 aromatic rings. The van der Waals surface area contributed by atoms with Crippen LogP contribution in [0.25, 0.3) is 0 Å². The third-order valence-corrected chi connectivity index (χ3v) is 8.53. The summed E-state index contributed by atoms with van der Waals surface area (Å²) in [6, 6.07) is 15.0. The fourth-order valence-corrected chi connectivity index (χ4v) is 6.46. The molecule has 2 atom stereocenters. The monoisotopic (exact) mass is 528 g/mol. The Balaban J connectivity index is 1.32. The Labute approximate surface area is 226 Å². The molecule has 8 nitrogen and oxygen atoms in total. The summed E-state index contributed by atoms with van der Waals surface area (Å²) in [5, 5.41) is 22.1. The van der Waals surface area contributed by atoms with Crippen molar-refractivity contribution in [3.8, 4) is 0 Å². The predicted octanol–water partition coefficient (Wildman–Crippen LogP) is 4.83. The zero-order valence-electron chi connectivity index (χ0n) is 21.4. The van der Waals surface area contributed by atoms with E-state index in [4.69, 9.17) is 10.8 Å². The number of amides is 2. The largest absolute Gasteiger partial charge is 0.332 e. The molecule has 5 rings (SSSR count). The lowest BCUT2D eigenvalue weighted by molar-refractivity contribution is 0.0735. The van der Waals surface area contributed by atoms with Crippen LogP contribution in [0.15, 0.2) is 48.5 Å². The molecule has 1 aromatic heterocycles. The van der Waals surface area contributed by atoms with Gasteiger partial charge in [-0.25, -0.2) is 4.98 Å². The molecule has 1 fully saturated rings. The summed E-state index contributed by atoms with van der Waals surface area (Å²) >= 11 is 1.55. The molecule has 1 saturated heterocycles. The summed E-state index contributed by atoms with van der Waals surface area (Å²) in [4.78, 5) is 34.4. The van der Waals surface area contributed by atoms with Crippen LogP contribution < -0.4 is 10.6 Å². The van der Waals surface area contributed by atoms with Crippen LogP contribution in [-0.2, 0) is 12.8 Å². The van der Waals surface area contributed by atoms with Gasteiger partial charge in [-0.05, 0) is 74.5 Å². The number of carbonyl (C=O) groups is 2. The molecule has 2 heterocycles. The normalized spacial score (nSPS) is 19.4. The van der Waals surface area contributed by atoms with Gasteiger partial charge in [-0.3, -0.25) is 14.9 Å². The molecule has 0 bridgehead atoms. The van der Waals surface area contributed by atoms with Crippen LogP contribution in [0.2, 0.25) is 0 Å². The SMILES string of the molecule is CNC1CCc2nc(NC(=O)c3cccc(C4CCCN4C(=O)c4cccc(C(C=N)C=N)c4)c3)sc2C1. The second kappa shape index (κ2) is 11.4. The average Bonchev–Trinajstić information content (AvgIpc) is 3.60. The molecule has 1 aliphatic carbocycles. The first-order valence-corrected chi connectivity index (χ1v) is 13.8. The van der Waals surface area contributed by atoms with E-state index in [1.165, 1.54) is 17.3 Å². The number of hydrogen-bond acceptors (Lipinski definition) is 7. The van der Waals surface area contributed by atoms with Gasteiger partial charge in [0.05, 0.1) is 17.7 Å². The van der Waals surface area contributed by atoms with Gasteiger partial charge in [0.15, 0.2) is 5.13 Å². The van der Waals surface area contributed by atoms with E-state index in [2.05, 4.69) is 15.6 Å². The quantitative estimate of drug-likeness (QED) is 0.313. The van der Waals surface area contributed by atoms with E-state index in [1.807, 2.05) is 36.2 Å². The molecule has 2 aliphatic rings. The Hall–Kier alpha value is -3.69. The fraction of sp³-hybridized carbons (Fsp3) is 0.345. The van der Waals surface area contributed by atoms with Crippen LogP contribution in [0.4, 0.5) is 5.13 Å². The smallest absolute Gasteiger partial charge is 0.257 e. The van der Waals surface area contributed by atoms with E-state index in [-0.39, 0.29) is 17.9 Å². The van der Waals surface area contributed by atoms with E-state index in [9.17, 15) is 9.59 Å². The molecule has 38 heavy (non-hydrogen) atoms. The summed E-state index contributed by atoms with van der Waals surface area (Å²) in [6.45, 7) is 0.640. The van der Waals surface area contributed by atoms with Gasteiger partial charge in [0.1, 0.15) is 0 Å². The number of carbonyl (C=O) groups excluding carboxylic acids is 2. The lowest BCUT2D eigenvalue weighted by atomic mass is 9.98. The maximum absolute atomic E-state index is 13.5. The second-order valence-electron chi connectivity index (χ2n) is 9.84. The zero-order chi connectivity index (χ0) is 26.6. The molecule has 0 spiro atoms. The van der Waals surface area contributed by atoms with Crippen molar-refractivity contribution >= 4 is 40.7 Å². The highest BCUT2D eigenvalue weighted by atomic mass is 32.1. The minimum Gasteiger partial charge on any atom is -0.332 e.